The molecule has 1 N–H and O–H groups in total. The van der Waals surface area contributed by atoms with Crippen LogP contribution in [0.25, 0.3) is 33.4 Å². The molecule has 1 aliphatic rings. The van der Waals surface area contributed by atoms with Crippen molar-refractivity contribution in [3.8, 4) is 33.4 Å². The lowest BCUT2D eigenvalue weighted by Crippen LogP contribution is -2.30. The van der Waals surface area contributed by atoms with Crippen molar-refractivity contribution in [2.75, 3.05) is 0 Å². The third-order valence-corrected chi connectivity index (χ3v) is 8.41. The second-order valence-electron chi connectivity index (χ2n) is 8.66. The topological polar surface area (TPSA) is 20.2 Å². The molecular formula is C31H19Br3O. The molecule has 1 aliphatic carbocycles. The highest BCUT2D eigenvalue weighted by Gasteiger charge is 2.42. The molecule has 0 amide bonds. The first kappa shape index (κ1) is 22.9. The van der Waals surface area contributed by atoms with Crippen LogP contribution in [0.15, 0.2) is 123 Å². The molecule has 0 saturated carbocycles. The van der Waals surface area contributed by atoms with Crippen LogP contribution in [0.5, 0.6) is 0 Å². The summed E-state index contributed by atoms with van der Waals surface area (Å²) in [6.45, 7) is 0. The van der Waals surface area contributed by atoms with Crippen molar-refractivity contribution in [1.82, 2.24) is 0 Å². The van der Waals surface area contributed by atoms with E-state index in [0.29, 0.717) is 0 Å². The van der Waals surface area contributed by atoms with Gasteiger partial charge in [0.2, 0.25) is 0 Å². The number of rotatable bonds is 2. The van der Waals surface area contributed by atoms with Crippen molar-refractivity contribution >= 4 is 47.8 Å². The van der Waals surface area contributed by atoms with Gasteiger partial charge in [-0.15, -0.1) is 0 Å². The summed E-state index contributed by atoms with van der Waals surface area (Å²) in [5.74, 6) is 0. The largest absolute Gasteiger partial charge is 0.376 e. The molecule has 35 heavy (non-hydrogen) atoms. The Bertz CT molecular complexity index is 1530. The van der Waals surface area contributed by atoms with E-state index in [2.05, 4.69) is 108 Å². The Morgan fingerprint density at radius 1 is 0.429 bits per heavy atom. The number of hydrogen-bond donors (Lipinski definition) is 1. The molecule has 0 spiro atoms. The normalized spacial score (nSPS) is 13.4. The summed E-state index contributed by atoms with van der Waals surface area (Å²) >= 11 is 11.1. The summed E-state index contributed by atoms with van der Waals surface area (Å²) < 4.78 is 2.82. The molecule has 0 heterocycles. The Labute approximate surface area is 229 Å². The standard InChI is InChI=1S/C31H19Br3O/c32-19-13-15-24-21-7-1-2-8-22(21)25-16-14-20(33)18-29(25)31(35,28(24)17-19)27-11-5-3-9-23(27)26-10-4-6-12-30(26)34/h1-18,35H. The van der Waals surface area contributed by atoms with E-state index in [1.165, 1.54) is 0 Å². The lowest BCUT2D eigenvalue weighted by atomic mass is 9.75. The molecule has 0 aromatic heterocycles. The summed E-state index contributed by atoms with van der Waals surface area (Å²) in [4.78, 5) is 0. The SMILES string of the molecule is OC1(c2ccccc2-c2ccccc2Br)c2cc(Br)ccc2-c2ccccc2-c2ccc(Br)cc21. The van der Waals surface area contributed by atoms with Crippen LogP contribution in [0.2, 0.25) is 0 Å². The number of benzene rings is 5. The van der Waals surface area contributed by atoms with Gasteiger partial charge in [0, 0.05) is 30.1 Å². The minimum atomic E-state index is -1.41. The van der Waals surface area contributed by atoms with Crippen LogP contribution in [0, 0.1) is 0 Å². The lowest BCUT2D eigenvalue weighted by Gasteiger charge is -2.34. The van der Waals surface area contributed by atoms with Gasteiger partial charge in [0.1, 0.15) is 5.60 Å². The van der Waals surface area contributed by atoms with Gasteiger partial charge in [-0.25, -0.2) is 0 Å². The Kier molecular flexibility index (Phi) is 5.81. The maximum absolute atomic E-state index is 13.1. The molecule has 1 nitrogen and oxygen atoms in total. The Hall–Kier alpha value is -2.50. The zero-order valence-corrected chi connectivity index (χ0v) is 23.2. The van der Waals surface area contributed by atoms with Gasteiger partial charge in [-0.05, 0) is 63.7 Å². The highest BCUT2D eigenvalue weighted by atomic mass is 79.9. The summed E-state index contributed by atoms with van der Waals surface area (Å²) in [5, 5.41) is 13.1. The number of fused-ring (bicyclic) bond motifs is 5. The average Bonchev–Trinajstić information content (AvgIpc) is 2.96. The van der Waals surface area contributed by atoms with E-state index in [0.717, 1.165) is 63.5 Å². The van der Waals surface area contributed by atoms with Crippen LogP contribution in [0.1, 0.15) is 16.7 Å². The predicted octanol–water partition coefficient (Wildman–Crippen LogP) is 9.57. The molecule has 0 atom stereocenters. The Balaban J connectivity index is 1.80. The molecule has 0 unspecified atom stereocenters. The summed E-state index contributed by atoms with van der Waals surface area (Å²) in [6.07, 6.45) is 0. The maximum Gasteiger partial charge on any atom is 0.142 e. The Morgan fingerprint density at radius 3 is 1.40 bits per heavy atom. The van der Waals surface area contributed by atoms with Crippen LogP contribution in [-0.2, 0) is 5.60 Å². The van der Waals surface area contributed by atoms with Crippen LogP contribution in [0.4, 0.5) is 0 Å². The molecule has 4 heteroatoms. The van der Waals surface area contributed by atoms with Crippen LogP contribution < -0.4 is 0 Å². The second-order valence-corrected chi connectivity index (χ2v) is 11.3. The fraction of sp³-hybridized carbons (Fsp3) is 0.0323. The van der Waals surface area contributed by atoms with Crippen molar-refractivity contribution in [3.63, 3.8) is 0 Å². The molecule has 0 saturated heterocycles. The summed E-state index contributed by atoms with van der Waals surface area (Å²) in [5.41, 5.74) is 7.35. The third-order valence-electron chi connectivity index (χ3n) is 6.73. The zero-order valence-electron chi connectivity index (χ0n) is 18.5. The number of aliphatic hydroxyl groups is 1. The van der Waals surface area contributed by atoms with E-state index >= 15 is 0 Å². The highest BCUT2D eigenvalue weighted by Crippen LogP contribution is 2.53. The van der Waals surface area contributed by atoms with Crippen LogP contribution in [-0.4, -0.2) is 5.11 Å². The summed E-state index contributed by atoms with van der Waals surface area (Å²) in [7, 11) is 0. The lowest BCUT2D eigenvalue weighted by molar-refractivity contribution is 0.127. The van der Waals surface area contributed by atoms with E-state index in [9.17, 15) is 5.11 Å². The highest BCUT2D eigenvalue weighted by molar-refractivity contribution is 9.11. The van der Waals surface area contributed by atoms with Crippen LogP contribution in [0.3, 0.4) is 0 Å². The molecule has 0 bridgehead atoms. The molecule has 5 aromatic rings. The van der Waals surface area contributed by atoms with Crippen molar-refractivity contribution < 1.29 is 5.11 Å². The molecule has 0 fully saturated rings. The minimum Gasteiger partial charge on any atom is -0.376 e. The van der Waals surface area contributed by atoms with Gasteiger partial charge in [-0.3, -0.25) is 0 Å². The van der Waals surface area contributed by atoms with Gasteiger partial charge < -0.3 is 5.11 Å². The maximum atomic E-state index is 13.1. The monoisotopic (exact) mass is 644 g/mol. The smallest absolute Gasteiger partial charge is 0.142 e. The first-order valence-electron chi connectivity index (χ1n) is 11.2. The molecular weight excluding hydrogens is 628 g/mol. The van der Waals surface area contributed by atoms with Gasteiger partial charge >= 0.3 is 0 Å². The van der Waals surface area contributed by atoms with Crippen molar-refractivity contribution in [2.45, 2.75) is 5.60 Å². The van der Waals surface area contributed by atoms with Gasteiger partial charge in [-0.2, -0.15) is 0 Å². The van der Waals surface area contributed by atoms with Gasteiger partial charge in [0.15, 0.2) is 0 Å². The van der Waals surface area contributed by atoms with Crippen molar-refractivity contribution in [2.24, 2.45) is 0 Å². The minimum absolute atomic E-state index is 0.832. The zero-order chi connectivity index (χ0) is 24.2. The number of hydrogen-bond acceptors (Lipinski definition) is 1. The first-order valence-corrected chi connectivity index (χ1v) is 13.6. The van der Waals surface area contributed by atoms with E-state index < -0.39 is 5.60 Å². The molecule has 6 rings (SSSR count). The van der Waals surface area contributed by atoms with Crippen molar-refractivity contribution in [1.29, 1.82) is 0 Å². The Morgan fingerprint density at radius 2 is 0.857 bits per heavy atom. The molecule has 0 aliphatic heterocycles. The van der Waals surface area contributed by atoms with Gasteiger partial charge in [-0.1, -0.05) is 127 Å². The fourth-order valence-corrected chi connectivity index (χ4v) is 6.42. The molecule has 170 valence electrons. The van der Waals surface area contributed by atoms with Gasteiger partial charge in [0.25, 0.3) is 0 Å². The number of halogens is 3. The van der Waals surface area contributed by atoms with E-state index in [1.54, 1.807) is 0 Å². The third kappa shape index (κ3) is 3.66. The summed E-state index contributed by atoms with van der Waals surface area (Å²) in [6, 6.07) is 37.1. The van der Waals surface area contributed by atoms with E-state index in [1.807, 2.05) is 48.5 Å². The van der Waals surface area contributed by atoms with Crippen molar-refractivity contribution in [3.05, 3.63) is 139 Å². The quantitative estimate of drug-likeness (QED) is 0.203. The van der Waals surface area contributed by atoms with E-state index in [4.69, 9.17) is 0 Å². The average molecular weight is 647 g/mol. The fourth-order valence-electron chi connectivity index (χ4n) is 5.20. The van der Waals surface area contributed by atoms with Crippen LogP contribution >= 0.6 is 47.8 Å². The molecule has 5 aromatic carbocycles. The molecule has 0 radical (unpaired) electrons. The van der Waals surface area contributed by atoms with Gasteiger partial charge in [0.05, 0.1) is 0 Å². The van der Waals surface area contributed by atoms with E-state index in [-0.39, 0.29) is 0 Å². The predicted molar refractivity (Wildman–Crippen MR) is 154 cm³/mol. The second kappa shape index (κ2) is 8.86. The first-order chi connectivity index (χ1) is 17.0.